The lowest BCUT2D eigenvalue weighted by Gasteiger charge is -2.26. The van der Waals surface area contributed by atoms with Crippen molar-refractivity contribution in [2.24, 2.45) is 10.7 Å². The highest BCUT2D eigenvalue weighted by molar-refractivity contribution is 6.09. The summed E-state index contributed by atoms with van der Waals surface area (Å²) in [5, 5.41) is 7.84. The number of benzene rings is 4. The van der Waals surface area contributed by atoms with E-state index in [1.54, 1.807) is 0 Å². The quantitative estimate of drug-likeness (QED) is 0.175. The normalized spacial score (nSPS) is 12.7. The van der Waals surface area contributed by atoms with Gasteiger partial charge in [-0.3, -0.25) is 10.4 Å². The molecule has 0 amide bonds. The van der Waals surface area contributed by atoms with Crippen molar-refractivity contribution in [3.05, 3.63) is 174 Å². The number of pyridine rings is 1. The molecule has 4 aromatic carbocycles. The summed E-state index contributed by atoms with van der Waals surface area (Å²) in [6.07, 6.45) is 6.15. The molecule has 42 heavy (non-hydrogen) atoms. The highest BCUT2D eigenvalue weighted by atomic mass is 15.1. The average Bonchev–Trinajstić information content (AvgIpc) is 3.02. The fourth-order valence-corrected chi connectivity index (χ4v) is 4.52. The predicted octanol–water partition coefficient (Wildman–Crippen LogP) is 8.63. The van der Waals surface area contributed by atoms with Gasteiger partial charge in [-0.1, -0.05) is 117 Å². The Bertz CT molecular complexity index is 1720. The molecule has 0 radical (unpaired) electrons. The molecule has 0 saturated heterocycles. The van der Waals surface area contributed by atoms with Gasteiger partial charge >= 0.3 is 0 Å². The van der Waals surface area contributed by atoms with Crippen LogP contribution in [0.1, 0.15) is 40.9 Å². The van der Waals surface area contributed by atoms with Crippen LogP contribution >= 0.6 is 0 Å². The maximum atomic E-state index is 7.84. The molecule has 6 rings (SSSR count). The number of nitrogens with one attached hydrogen (secondary N) is 1. The van der Waals surface area contributed by atoms with Gasteiger partial charge in [0.1, 0.15) is 5.84 Å². The highest BCUT2D eigenvalue weighted by Crippen LogP contribution is 2.38. The van der Waals surface area contributed by atoms with Crippen LogP contribution in [0.15, 0.2) is 145 Å². The van der Waals surface area contributed by atoms with Gasteiger partial charge in [0.2, 0.25) is 0 Å². The molecule has 0 aliphatic carbocycles. The van der Waals surface area contributed by atoms with E-state index < -0.39 is 0 Å². The number of amidine groups is 2. The number of aliphatic imine (C=N–C) groups is 1. The minimum Gasteiger partial charge on any atom is -0.383 e. The van der Waals surface area contributed by atoms with E-state index in [1.807, 2.05) is 79.9 Å². The third-order valence-electron chi connectivity index (χ3n) is 6.70. The molecule has 2 heterocycles. The lowest BCUT2D eigenvalue weighted by molar-refractivity contribution is 1.16. The first-order chi connectivity index (χ1) is 20.0. The van der Waals surface area contributed by atoms with Gasteiger partial charge in [-0.15, -0.1) is 0 Å². The molecule has 0 bridgehead atoms. The van der Waals surface area contributed by atoms with Crippen LogP contribution in [0.5, 0.6) is 0 Å². The topological polar surface area (TPSA) is 78.4 Å². The van der Waals surface area contributed by atoms with Gasteiger partial charge in [-0.25, -0.2) is 4.99 Å². The van der Waals surface area contributed by atoms with Gasteiger partial charge in [-0.05, 0) is 47.9 Å². The van der Waals surface area contributed by atoms with E-state index in [9.17, 15) is 0 Å². The second kappa shape index (κ2) is 13.7. The zero-order valence-electron chi connectivity index (χ0n) is 22.9. The number of nitrogens with zero attached hydrogens (tertiary/aromatic N) is 3. The van der Waals surface area contributed by atoms with E-state index in [4.69, 9.17) is 11.1 Å². The van der Waals surface area contributed by atoms with Crippen LogP contribution in [0, 0.1) is 12.3 Å². The first-order valence-corrected chi connectivity index (χ1v) is 13.3. The summed E-state index contributed by atoms with van der Waals surface area (Å²) < 4.78 is 0. The van der Waals surface area contributed by atoms with Crippen molar-refractivity contribution < 1.29 is 0 Å². The maximum absolute atomic E-state index is 7.84. The Labute approximate surface area is 248 Å². The van der Waals surface area contributed by atoms with Crippen LogP contribution in [-0.2, 0) is 0 Å². The Morgan fingerprint density at radius 2 is 1.36 bits per heavy atom. The van der Waals surface area contributed by atoms with Gasteiger partial charge < -0.3 is 10.6 Å². The largest absolute Gasteiger partial charge is 0.383 e. The van der Waals surface area contributed by atoms with Crippen LogP contribution in [0.25, 0.3) is 11.6 Å². The van der Waals surface area contributed by atoms with Crippen molar-refractivity contribution in [2.75, 3.05) is 4.90 Å². The number of aromatic nitrogens is 1. The van der Waals surface area contributed by atoms with Gasteiger partial charge in [0.25, 0.3) is 0 Å². The molecule has 5 aromatic rings. The van der Waals surface area contributed by atoms with Crippen LogP contribution < -0.4 is 10.6 Å². The third kappa shape index (κ3) is 6.77. The van der Waals surface area contributed by atoms with Crippen molar-refractivity contribution in [1.82, 2.24) is 4.98 Å². The standard InChI is InChI=1S/C22H18N2.C14H13N3.CH4/c1-16-11-12-19(15-23-16)24-14-13-18-7-3-4-8-20(18)17(2)21-9-5-6-10-22(21)24;15-13(11-7-3-1-4-8-11)17-14(16)12-9-5-2-6-10-12;/h3-15H,2H2,1H3;1-10H,(H3,15,16,17);1H4/b14-13-;;. The lowest BCUT2D eigenvalue weighted by atomic mass is 9.92. The first-order valence-electron chi connectivity index (χ1n) is 13.3. The summed E-state index contributed by atoms with van der Waals surface area (Å²) in [5.74, 6) is 0.534. The number of hydrogen-bond donors (Lipinski definition) is 2. The van der Waals surface area contributed by atoms with Crippen molar-refractivity contribution in [3.8, 4) is 0 Å². The van der Waals surface area contributed by atoms with Crippen molar-refractivity contribution in [3.63, 3.8) is 0 Å². The number of nitrogens with two attached hydrogens (primary N) is 1. The van der Waals surface area contributed by atoms with Gasteiger partial charge in [0.15, 0.2) is 5.84 Å². The minimum atomic E-state index is 0. The van der Waals surface area contributed by atoms with Crippen LogP contribution in [0.4, 0.5) is 11.4 Å². The summed E-state index contributed by atoms with van der Waals surface area (Å²) in [5.41, 5.74) is 15.1. The molecule has 0 fully saturated rings. The molecule has 1 aliphatic heterocycles. The Morgan fingerprint density at radius 1 is 0.762 bits per heavy atom. The van der Waals surface area contributed by atoms with Crippen molar-refractivity contribution in [1.29, 1.82) is 5.41 Å². The monoisotopic (exact) mass is 549 g/mol. The Hall–Kier alpha value is -5.55. The Balaban J connectivity index is 0.000000200. The molecule has 5 heteroatoms. The van der Waals surface area contributed by atoms with Crippen LogP contribution in [0.2, 0.25) is 0 Å². The zero-order chi connectivity index (χ0) is 28.6. The van der Waals surface area contributed by atoms with Crippen LogP contribution in [0.3, 0.4) is 0 Å². The fraction of sp³-hybridized carbons (Fsp3) is 0.0541. The van der Waals surface area contributed by atoms with Crippen molar-refractivity contribution in [2.45, 2.75) is 14.4 Å². The summed E-state index contributed by atoms with van der Waals surface area (Å²) in [6, 6.07) is 39.6. The first kappa shape index (κ1) is 29.4. The SMILES string of the molecule is C.C=C1c2ccccc2/C=C\N(c2ccc(C)nc2)c2ccccc21.N=C(N=C(N)c1ccccc1)c1ccccc1. The molecule has 0 atom stereocenters. The average molecular weight is 550 g/mol. The second-order valence-corrected chi connectivity index (χ2v) is 9.50. The number of hydrogen-bond acceptors (Lipinski definition) is 3. The Kier molecular flexibility index (Phi) is 9.59. The number of rotatable bonds is 3. The number of fused-ring (bicyclic) bond motifs is 2. The predicted molar refractivity (Wildman–Crippen MR) is 178 cm³/mol. The van der Waals surface area contributed by atoms with E-state index in [0.29, 0.717) is 5.84 Å². The summed E-state index contributed by atoms with van der Waals surface area (Å²) in [6.45, 7) is 6.36. The van der Waals surface area contributed by atoms with E-state index >= 15 is 0 Å². The molecule has 1 aliphatic rings. The number of para-hydroxylation sites is 1. The molecular weight excluding hydrogens is 514 g/mol. The molecule has 3 N–H and O–H groups in total. The smallest absolute Gasteiger partial charge is 0.154 e. The van der Waals surface area contributed by atoms with Crippen LogP contribution in [-0.4, -0.2) is 16.7 Å². The molecule has 208 valence electrons. The van der Waals surface area contributed by atoms with E-state index in [-0.39, 0.29) is 13.3 Å². The molecule has 0 unspecified atom stereocenters. The highest BCUT2D eigenvalue weighted by Gasteiger charge is 2.17. The van der Waals surface area contributed by atoms with Gasteiger partial charge in [0.05, 0.1) is 17.6 Å². The fourth-order valence-electron chi connectivity index (χ4n) is 4.52. The second-order valence-electron chi connectivity index (χ2n) is 9.50. The summed E-state index contributed by atoms with van der Waals surface area (Å²) in [4.78, 5) is 10.7. The Morgan fingerprint density at radius 3 is 2.02 bits per heavy atom. The van der Waals surface area contributed by atoms with Gasteiger partial charge in [-0.2, -0.15) is 0 Å². The molecule has 1 aromatic heterocycles. The van der Waals surface area contributed by atoms with E-state index in [0.717, 1.165) is 39.3 Å². The van der Waals surface area contributed by atoms with Crippen molar-refractivity contribution >= 4 is 34.7 Å². The summed E-state index contributed by atoms with van der Waals surface area (Å²) >= 11 is 0. The third-order valence-corrected chi connectivity index (χ3v) is 6.70. The molecule has 0 saturated carbocycles. The maximum Gasteiger partial charge on any atom is 0.154 e. The minimum absolute atomic E-state index is 0. The molecule has 5 nitrogen and oxygen atoms in total. The van der Waals surface area contributed by atoms with E-state index in [1.165, 1.54) is 11.1 Å². The van der Waals surface area contributed by atoms with E-state index in [2.05, 4.69) is 88.3 Å². The molecular formula is C37H35N5. The number of anilines is 2. The number of aryl methyl sites for hydroxylation is 1. The van der Waals surface area contributed by atoms with Gasteiger partial charge in [0, 0.05) is 28.6 Å². The molecule has 0 spiro atoms. The lowest BCUT2D eigenvalue weighted by Crippen LogP contribution is -2.15. The summed E-state index contributed by atoms with van der Waals surface area (Å²) in [7, 11) is 0. The zero-order valence-corrected chi connectivity index (χ0v) is 22.9.